The smallest absolute Gasteiger partial charge is 0.298 e. The van der Waals surface area contributed by atoms with Crippen molar-refractivity contribution in [3.63, 3.8) is 0 Å². The number of hydrogen-bond acceptors (Lipinski definition) is 6. The molecule has 0 saturated heterocycles. The third-order valence-corrected chi connectivity index (χ3v) is 2.99. The van der Waals surface area contributed by atoms with Gasteiger partial charge in [0.15, 0.2) is 0 Å². The molecule has 0 bridgehead atoms. The fourth-order valence-corrected chi connectivity index (χ4v) is 1.94. The van der Waals surface area contributed by atoms with E-state index in [1.807, 2.05) is 26.0 Å². The van der Waals surface area contributed by atoms with Gasteiger partial charge in [0, 0.05) is 11.4 Å². The van der Waals surface area contributed by atoms with Gasteiger partial charge in [-0.2, -0.15) is 0 Å². The zero-order valence-corrected chi connectivity index (χ0v) is 14.3. The van der Waals surface area contributed by atoms with Crippen molar-refractivity contribution in [2.75, 3.05) is 10.6 Å². The molecule has 26 heavy (non-hydrogen) atoms. The minimum Gasteiger partial charge on any atom is -0.298 e. The first-order valence-corrected chi connectivity index (χ1v) is 7.67. The second-order valence-electron chi connectivity index (χ2n) is 5.26. The van der Waals surface area contributed by atoms with Crippen molar-refractivity contribution < 1.29 is 19.3 Å². The summed E-state index contributed by atoms with van der Waals surface area (Å²) in [6.45, 7) is 3.81. The summed E-state index contributed by atoms with van der Waals surface area (Å²) in [6.07, 6.45) is 0.627. The lowest BCUT2D eigenvalue weighted by Gasteiger charge is -2.03. The monoisotopic (exact) mass is 354 g/mol. The van der Waals surface area contributed by atoms with Crippen LogP contribution in [0.25, 0.3) is 0 Å². The van der Waals surface area contributed by atoms with Crippen molar-refractivity contribution in [2.24, 2.45) is 10.3 Å². The quantitative estimate of drug-likeness (QED) is 0.480. The Hall–Kier alpha value is -3.68. The Morgan fingerprint density at radius 1 is 0.808 bits per heavy atom. The number of amides is 2. The molecule has 134 valence electrons. The number of hydrogen-bond donors (Lipinski definition) is 2. The Labute approximate surface area is 150 Å². The summed E-state index contributed by atoms with van der Waals surface area (Å²) in [5.41, 5.74) is 3.18. The Balaban J connectivity index is 1.69. The second kappa shape index (κ2) is 9.58. The Morgan fingerprint density at radius 2 is 1.23 bits per heavy atom. The van der Waals surface area contributed by atoms with Gasteiger partial charge in [-0.3, -0.25) is 20.3 Å². The third kappa shape index (κ3) is 6.83. The molecule has 8 nitrogen and oxygen atoms in total. The van der Waals surface area contributed by atoms with Gasteiger partial charge < -0.3 is 0 Å². The Bertz CT molecular complexity index is 764. The van der Waals surface area contributed by atoms with E-state index < -0.39 is 12.2 Å². The molecule has 0 atom stereocenters. The molecule has 8 heteroatoms. The minimum atomic E-state index is -0.752. The lowest BCUT2D eigenvalue weighted by Crippen LogP contribution is -2.11. The fraction of sp³-hybridized carbons (Fsp3) is 0.111. The summed E-state index contributed by atoms with van der Waals surface area (Å²) < 4.78 is 0. The normalized spacial score (nSPS) is 10.7. The minimum absolute atomic E-state index is 0.593. The standard InChI is InChI=1S/C18H18N4O4/c1-13-5-3-7-15(11-13)21-17(23)25-19-9-10-20-26-18(24)22-16-8-4-6-14(2)12-16/h3-12H,1-2H3,(H,21,23)(H,22,24)/b19-9+,20-10+. The third-order valence-electron chi connectivity index (χ3n) is 2.99. The van der Waals surface area contributed by atoms with Crippen LogP contribution in [-0.4, -0.2) is 24.6 Å². The fourth-order valence-electron chi connectivity index (χ4n) is 1.94. The number of carbonyl (C=O) groups excluding carboxylic acids is 2. The van der Waals surface area contributed by atoms with E-state index in [9.17, 15) is 9.59 Å². The summed E-state index contributed by atoms with van der Waals surface area (Å²) in [4.78, 5) is 32.2. The van der Waals surface area contributed by atoms with E-state index in [2.05, 4.69) is 30.6 Å². The lowest BCUT2D eigenvalue weighted by atomic mass is 10.2. The number of carbonyl (C=O) groups is 2. The maximum atomic E-state index is 11.5. The van der Waals surface area contributed by atoms with Gasteiger partial charge in [0.25, 0.3) is 0 Å². The molecule has 2 N–H and O–H groups in total. The zero-order chi connectivity index (χ0) is 18.8. The molecule has 0 spiro atoms. The number of nitrogens with zero attached hydrogens (tertiary/aromatic N) is 2. The summed E-state index contributed by atoms with van der Waals surface area (Å²) in [6, 6.07) is 14.4. The van der Waals surface area contributed by atoms with Crippen molar-refractivity contribution in [1.82, 2.24) is 0 Å². The van der Waals surface area contributed by atoms with Crippen LogP contribution >= 0.6 is 0 Å². The molecule has 0 aliphatic carbocycles. The van der Waals surface area contributed by atoms with Crippen LogP contribution in [0, 0.1) is 13.8 Å². The molecule has 0 heterocycles. The number of rotatable bonds is 5. The van der Waals surface area contributed by atoms with Crippen LogP contribution in [0.1, 0.15) is 11.1 Å². The molecule has 0 aromatic heterocycles. The summed E-state index contributed by atoms with van der Waals surface area (Å²) in [7, 11) is 0. The molecule has 2 rings (SSSR count). The highest BCUT2D eigenvalue weighted by Crippen LogP contribution is 2.10. The molecule has 0 aliphatic rings. The van der Waals surface area contributed by atoms with Crippen molar-refractivity contribution in [3.8, 4) is 0 Å². The molecule has 0 saturated carbocycles. The maximum absolute atomic E-state index is 11.5. The van der Waals surface area contributed by atoms with E-state index >= 15 is 0 Å². The van der Waals surface area contributed by atoms with Gasteiger partial charge >= 0.3 is 12.2 Å². The van der Waals surface area contributed by atoms with Crippen LogP contribution in [0.4, 0.5) is 21.0 Å². The Morgan fingerprint density at radius 3 is 1.62 bits per heavy atom. The SMILES string of the molecule is Cc1cccc(NC(=O)O/N=C/C=N/OC(=O)Nc2cccc(C)c2)c1. The van der Waals surface area contributed by atoms with E-state index in [0.29, 0.717) is 11.4 Å². The van der Waals surface area contributed by atoms with E-state index in [1.165, 1.54) is 0 Å². The highest BCUT2D eigenvalue weighted by Gasteiger charge is 2.03. The first kappa shape index (κ1) is 18.7. The first-order chi connectivity index (χ1) is 12.5. The molecule has 0 aliphatic heterocycles. The van der Waals surface area contributed by atoms with Crippen molar-refractivity contribution in [3.05, 3.63) is 59.7 Å². The number of oxime groups is 2. The summed E-state index contributed by atoms with van der Waals surface area (Å²) in [5, 5.41) is 11.8. The van der Waals surface area contributed by atoms with E-state index in [1.54, 1.807) is 36.4 Å². The highest BCUT2D eigenvalue weighted by atomic mass is 16.7. The predicted octanol–water partition coefficient (Wildman–Crippen LogP) is 4.07. The molecule has 2 amide bonds. The average Bonchev–Trinajstić information content (AvgIpc) is 2.58. The molecular weight excluding hydrogens is 336 g/mol. The van der Waals surface area contributed by atoms with Crippen LogP contribution in [-0.2, 0) is 9.68 Å². The van der Waals surface area contributed by atoms with E-state index in [-0.39, 0.29) is 0 Å². The van der Waals surface area contributed by atoms with Crippen molar-refractivity contribution in [2.45, 2.75) is 13.8 Å². The molecular formula is C18H18N4O4. The maximum Gasteiger partial charge on any atom is 0.437 e. The van der Waals surface area contributed by atoms with Crippen molar-refractivity contribution in [1.29, 1.82) is 0 Å². The molecule has 0 fully saturated rings. The largest absolute Gasteiger partial charge is 0.437 e. The van der Waals surface area contributed by atoms with Gasteiger partial charge in [0.2, 0.25) is 0 Å². The first-order valence-electron chi connectivity index (χ1n) is 7.67. The van der Waals surface area contributed by atoms with Gasteiger partial charge in [0.05, 0.1) is 12.4 Å². The second-order valence-corrected chi connectivity index (χ2v) is 5.26. The van der Waals surface area contributed by atoms with Gasteiger partial charge in [0.1, 0.15) is 0 Å². The van der Waals surface area contributed by atoms with Gasteiger partial charge in [-0.1, -0.05) is 34.6 Å². The summed E-state index contributed by atoms with van der Waals surface area (Å²) >= 11 is 0. The lowest BCUT2D eigenvalue weighted by molar-refractivity contribution is 0.165. The number of anilines is 2. The number of nitrogens with one attached hydrogen (secondary N) is 2. The van der Waals surface area contributed by atoms with Crippen LogP contribution in [0.2, 0.25) is 0 Å². The van der Waals surface area contributed by atoms with Crippen LogP contribution in [0.3, 0.4) is 0 Å². The number of aryl methyl sites for hydroxylation is 2. The van der Waals surface area contributed by atoms with Crippen LogP contribution in [0.5, 0.6) is 0 Å². The molecule has 0 unspecified atom stereocenters. The van der Waals surface area contributed by atoms with Crippen LogP contribution < -0.4 is 10.6 Å². The predicted molar refractivity (Wildman–Crippen MR) is 99.5 cm³/mol. The molecule has 0 radical (unpaired) electrons. The highest BCUT2D eigenvalue weighted by molar-refractivity contribution is 6.15. The van der Waals surface area contributed by atoms with Crippen LogP contribution in [0.15, 0.2) is 58.8 Å². The zero-order valence-electron chi connectivity index (χ0n) is 14.3. The van der Waals surface area contributed by atoms with Crippen molar-refractivity contribution >= 4 is 36.0 Å². The van der Waals surface area contributed by atoms with E-state index in [0.717, 1.165) is 23.6 Å². The Kier molecular flexibility index (Phi) is 6.87. The summed E-state index contributed by atoms with van der Waals surface area (Å²) in [5.74, 6) is 0. The molecule has 2 aromatic carbocycles. The average molecular weight is 354 g/mol. The van der Waals surface area contributed by atoms with Gasteiger partial charge in [-0.15, -0.1) is 0 Å². The molecule has 2 aromatic rings. The van der Waals surface area contributed by atoms with Gasteiger partial charge in [-0.25, -0.2) is 9.59 Å². The van der Waals surface area contributed by atoms with E-state index in [4.69, 9.17) is 0 Å². The van der Waals surface area contributed by atoms with Gasteiger partial charge in [-0.05, 0) is 49.2 Å². The topological polar surface area (TPSA) is 101 Å². The number of benzene rings is 2.